The summed E-state index contributed by atoms with van der Waals surface area (Å²) in [6.45, 7) is 4.01. The van der Waals surface area contributed by atoms with Crippen LogP contribution in [-0.2, 0) is 19.2 Å². The lowest BCUT2D eigenvalue weighted by atomic mass is 10.0. The van der Waals surface area contributed by atoms with Crippen molar-refractivity contribution in [3.8, 4) is 22.5 Å². The molecule has 266 valence electrons. The normalized spacial score (nSPS) is 18.2. The highest BCUT2D eigenvalue weighted by Gasteiger charge is 2.38. The summed E-state index contributed by atoms with van der Waals surface area (Å²) in [5, 5.41) is 5.67. The van der Waals surface area contributed by atoms with Crippen LogP contribution in [0.1, 0.15) is 86.5 Å². The first kappa shape index (κ1) is 34.4. The molecule has 12 nitrogen and oxygen atoms in total. The Morgan fingerprint density at radius 3 is 1.37 bits per heavy atom. The zero-order chi connectivity index (χ0) is 36.2. The Morgan fingerprint density at radius 2 is 1.00 bits per heavy atom. The van der Waals surface area contributed by atoms with E-state index in [1.54, 1.807) is 12.4 Å². The fourth-order valence-corrected chi connectivity index (χ4v) is 7.37. The molecule has 0 unspecified atom stereocenters. The van der Waals surface area contributed by atoms with Crippen molar-refractivity contribution in [1.29, 1.82) is 0 Å². The van der Waals surface area contributed by atoms with Crippen LogP contribution in [0, 0.1) is 0 Å². The Hall–Kier alpha value is -6.04. The van der Waals surface area contributed by atoms with E-state index in [0.717, 1.165) is 59.3 Å². The van der Waals surface area contributed by atoms with Crippen molar-refractivity contribution in [3.05, 3.63) is 120 Å². The maximum atomic E-state index is 13.8. The van der Waals surface area contributed by atoms with Crippen molar-refractivity contribution in [1.82, 2.24) is 40.4 Å². The number of rotatable bonds is 10. The van der Waals surface area contributed by atoms with E-state index in [0.29, 0.717) is 24.7 Å². The number of nitrogens with zero attached hydrogens (tertiary/aromatic N) is 4. The van der Waals surface area contributed by atoms with E-state index in [9.17, 15) is 19.2 Å². The molecule has 52 heavy (non-hydrogen) atoms. The number of hydrogen-bond donors (Lipinski definition) is 4. The Morgan fingerprint density at radius 1 is 0.615 bits per heavy atom. The minimum absolute atomic E-state index is 0.154. The summed E-state index contributed by atoms with van der Waals surface area (Å²) in [5.74, 6) is 0.583. The standard InChI is InChI=1S/C40H42N8O4/c1-25(49)43-35(29-11-5-3-6-12-29)39(51)47-21-9-15-33(47)37-41-23-31(45-37)27-17-19-28(20-18-27)32-24-42-38(46-32)34-16-10-22-48(34)40(52)36(44-26(2)50)30-13-7-4-8-14-30/h3-8,11-14,17-20,23-24,33-36H,9-10,15-16,21-22H2,1-2H3,(H,41,45)(H,42,46)(H,43,49)(H,44,50)/t33-,34-,35+,36+/m0/s1. The van der Waals surface area contributed by atoms with E-state index in [-0.39, 0.29) is 35.7 Å². The van der Waals surface area contributed by atoms with Crippen LogP contribution in [0.2, 0.25) is 0 Å². The second-order valence-electron chi connectivity index (χ2n) is 13.4. The Bertz CT molecular complexity index is 1900. The van der Waals surface area contributed by atoms with Crippen molar-refractivity contribution in [2.45, 2.75) is 63.7 Å². The predicted molar refractivity (Wildman–Crippen MR) is 195 cm³/mol. The molecule has 12 heteroatoms. The molecule has 4 atom stereocenters. The van der Waals surface area contributed by atoms with Crippen molar-refractivity contribution >= 4 is 23.6 Å². The molecule has 0 spiro atoms. The van der Waals surface area contributed by atoms with Gasteiger partial charge < -0.3 is 30.4 Å². The largest absolute Gasteiger partial charge is 0.341 e. The Kier molecular flexibility index (Phi) is 9.96. The molecule has 2 fully saturated rings. The lowest BCUT2D eigenvalue weighted by Crippen LogP contribution is -2.42. The highest BCUT2D eigenvalue weighted by atomic mass is 16.2. The molecule has 4 amide bonds. The average molecular weight is 699 g/mol. The highest BCUT2D eigenvalue weighted by Crippen LogP contribution is 2.36. The number of aromatic nitrogens is 4. The number of aromatic amines is 2. The molecule has 0 saturated carbocycles. The number of hydrogen-bond acceptors (Lipinski definition) is 6. The van der Waals surface area contributed by atoms with Crippen LogP contribution in [0.15, 0.2) is 97.3 Å². The summed E-state index contributed by atoms with van der Waals surface area (Å²) in [7, 11) is 0. The summed E-state index contributed by atoms with van der Waals surface area (Å²) >= 11 is 0. The number of carbonyl (C=O) groups excluding carboxylic acids is 4. The Labute approximate surface area is 302 Å². The summed E-state index contributed by atoms with van der Waals surface area (Å²) in [6.07, 6.45) is 6.79. The third-order valence-corrected chi connectivity index (χ3v) is 9.86. The van der Waals surface area contributed by atoms with Gasteiger partial charge in [-0.25, -0.2) is 9.97 Å². The molecule has 0 bridgehead atoms. The quantitative estimate of drug-likeness (QED) is 0.150. The van der Waals surface area contributed by atoms with Gasteiger partial charge in [0.05, 0.1) is 35.9 Å². The van der Waals surface area contributed by atoms with E-state index in [4.69, 9.17) is 0 Å². The molecule has 0 radical (unpaired) electrons. The first-order chi connectivity index (χ1) is 25.3. The number of nitrogens with one attached hydrogen (secondary N) is 4. The molecule has 2 aromatic heterocycles. The van der Waals surface area contributed by atoms with Crippen LogP contribution in [0.3, 0.4) is 0 Å². The lowest BCUT2D eigenvalue weighted by Gasteiger charge is -2.28. The van der Waals surface area contributed by atoms with Gasteiger partial charge in [0, 0.05) is 26.9 Å². The maximum absolute atomic E-state index is 13.8. The number of imidazole rings is 2. The molecule has 2 saturated heterocycles. The highest BCUT2D eigenvalue weighted by molar-refractivity contribution is 5.89. The van der Waals surface area contributed by atoms with Gasteiger partial charge in [0.1, 0.15) is 23.7 Å². The molecule has 2 aliphatic heterocycles. The van der Waals surface area contributed by atoms with Gasteiger partial charge >= 0.3 is 0 Å². The molecule has 5 aromatic rings. The second-order valence-corrected chi connectivity index (χ2v) is 13.4. The van der Waals surface area contributed by atoms with Gasteiger partial charge in [-0.3, -0.25) is 19.2 Å². The fraction of sp³-hybridized carbons (Fsp3) is 0.300. The van der Waals surface area contributed by atoms with Crippen molar-refractivity contribution in [2.24, 2.45) is 0 Å². The van der Waals surface area contributed by atoms with Crippen molar-refractivity contribution in [2.75, 3.05) is 13.1 Å². The number of likely N-dealkylation sites (tertiary alicyclic amines) is 2. The van der Waals surface area contributed by atoms with E-state index >= 15 is 0 Å². The Balaban J connectivity index is 1.04. The van der Waals surface area contributed by atoms with Gasteiger partial charge in [0.25, 0.3) is 0 Å². The molecule has 0 aliphatic carbocycles. The SMILES string of the molecule is CC(=O)N[C@@H](C(=O)N1CCC[C@H]1c1ncc(-c2ccc(-c3cnc([C@@H]4CCCN4C(=O)[C@H](NC(C)=O)c4ccccc4)[nH]3)cc2)[nH]1)c1ccccc1. The molecule has 4 N–H and O–H groups in total. The van der Waals surface area contributed by atoms with Gasteiger partial charge in [0.2, 0.25) is 23.6 Å². The number of benzene rings is 3. The van der Waals surface area contributed by atoms with Gasteiger partial charge in [-0.05, 0) is 47.9 Å². The number of carbonyl (C=O) groups is 4. The van der Waals surface area contributed by atoms with Crippen LogP contribution in [-0.4, -0.2) is 66.5 Å². The minimum Gasteiger partial charge on any atom is -0.341 e. The lowest BCUT2D eigenvalue weighted by molar-refractivity contribution is -0.137. The van der Waals surface area contributed by atoms with Gasteiger partial charge in [0.15, 0.2) is 0 Å². The van der Waals surface area contributed by atoms with Crippen LogP contribution < -0.4 is 10.6 Å². The van der Waals surface area contributed by atoms with E-state index in [1.165, 1.54) is 13.8 Å². The second kappa shape index (κ2) is 15.1. The number of H-pyrrole nitrogens is 2. The van der Waals surface area contributed by atoms with Gasteiger partial charge in [-0.1, -0.05) is 84.9 Å². The monoisotopic (exact) mass is 698 g/mol. The molecule has 4 heterocycles. The topological polar surface area (TPSA) is 156 Å². The van der Waals surface area contributed by atoms with Crippen LogP contribution >= 0.6 is 0 Å². The zero-order valence-electron chi connectivity index (χ0n) is 29.2. The van der Waals surface area contributed by atoms with Crippen LogP contribution in [0.25, 0.3) is 22.5 Å². The molecule has 7 rings (SSSR count). The average Bonchev–Trinajstić information content (AvgIpc) is 3.99. The summed E-state index contributed by atoms with van der Waals surface area (Å²) in [6, 6.07) is 24.7. The van der Waals surface area contributed by atoms with Gasteiger partial charge in [-0.15, -0.1) is 0 Å². The third-order valence-electron chi connectivity index (χ3n) is 9.86. The fourth-order valence-electron chi connectivity index (χ4n) is 7.37. The van der Waals surface area contributed by atoms with Gasteiger partial charge in [-0.2, -0.15) is 0 Å². The van der Waals surface area contributed by atoms with E-state index in [1.807, 2.05) is 94.7 Å². The van der Waals surface area contributed by atoms with E-state index < -0.39 is 12.1 Å². The molecule has 3 aromatic carbocycles. The maximum Gasteiger partial charge on any atom is 0.250 e. The summed E-state index contributed by atoms with van der Waals surface area (Å²) in [5.41, 5.74) is 5.03. The minimum atomic E-state index is -0.767. The molecular formula is C40H42N8O4. The van der Waals surface area contributed by atoms with Crippen LogP contribution in [0.4, 0.5) is 0 Å². The summed E-state index contributed by atoms with van der Waals surface area (Å²) in [4.78, 5) is 71.6. The molecule has 2 aliphatic rings. The molecular weight excluding hydrogens is 656 g/mol. The third kappa shape index (κ3) is 7.23. The van der Waals surface area contributed by atoms with Crippen molar-refractivity contribution in [3.63, 3.8) is 0 Å². The zero-order valence-corrected chi connectivity index (χ0v) is 29.2. The first-order valence-electron chi connectivity index (χ1n) is 17.7. The predicted octanol–water partition coefficient (Wildman–Crippen LogP) is 5.55. The summed E-state index contributed by atoms with van der Waals surface area (Å²) < 4.78 is 0. The number of amides is 4. The first-order valence-corrected chi connectivity index (χ1v) is 17.7. The van der Waals surface area contributed by atoms with Crippen LogP contribution in [0.5, 0.6) is 0 Å². The van der Waals surface area contributed by atoms with Crippen molar-refractivity contribution < 1.29 is 19.2 Å². The smallest absolute Gasteiger partial charge is 0.250 e. The van der Waals surface area contributed by atoms with E-state index in [2.05, 4.69) is 30.6 Å².